The van der Waals surface area contributed by atoms with Gasteiger partial charge in [-0.1, -0.05) is 44.7 Å². The predicted octanol–water partition coefficient (Wildman–Crippen LogP) is 4.53. The van der Waals surface area contributed by atoms with E-state index < -0.39 is 0 Å². The molecular formula is C18H29NO. The van der Waals surface area contributed by atoms with E-state index in [-0.39, 0.29) is 0 Å². The van der Waals surface area contributed by atoms with Gasteiger partial charge in [0.2, 0.25) is 0 Å². The second-order valence-corrected chi connectivity index (χ2v) is 6.09. The van der Waals surface area contributed by atoms with E-state index in [9.17, 15) is 0 Å². The van der Waals surface area contributed by atoms with Gasteiger partial charge in [-0.3, -0.25) is 0 Å². The van der Waals surface area contributed by atoms with Crippen molar-refractivity contribution in [3.05, 3.63) is 29.8 Å². The third-order valence-electron chi connectivity index (χ3n) is 4.51. The monoisotopic (exact) mass is 275 g/mol. The van der Waals surface area contributed by atoms with Crippen LogP contribution in [0.15, 0.2) is 24.3 Å². The lowest BCUT2D eigenvalue weighted by molar-refractivity contribution is 0.407. The molecule has 1 N–H and O–H groups in total. The number of ether oxygens (including phenoxy) is 1. The Kier molecular flexibility index (Phi) is 6.38. The third kappa shape index (κ3) is 4.82. The van der Waals surface area contributed by atoms with Crippen LogP contribution in [0.1, 0.15) is 57.4 Å². The summed E-state index contributed by atoms with van der Waals surface area (Å²) in [6.45, 7) is 3.27. The van der Waals surface area contributed by atoms with Crippen molar-refractivity contribution in [2.45, 2.75) is 64.5 Å². The summed E-state index contributed by atoms with van der Waals surface area (Å²) in [6, 6.07) is 9.07. The zero-order valence-electron chi connectivity index (χ0n) is 13.0. The Hall–Kier alpha value is -1.02. The van der Waals surface area contributed by atoms with Gasteiger partial charge in [0.15, 0.2) is 0 Å². The maximum absolute atomic E-state index is 5.28. The van der Waals surface area contributed by atoms with Crippen LogP contribution in [-0.4, -0.2) is 13.2 Å². The van der Waals surface area contributed by atoms with Crippen LogP contribution < -0.4 is 10.1 Å². The number of hydrogen-bond acceptors (Lipinski definition) is 2. The molecule has 1 aromatic rings. The molecule has 2 atom stereocenters. The first-order valence-electron chi connectivity index (χ1n) is 8.18. The van der Waals surface area contributed by atoms with Gasteiger partial charge in [0.1, 0.15) is 5.75 Å². The molecule has 1 aliphatic carbocycles. The summed E-state index contributed by atoms with van der Waals surface area (Å²) in [7, 11) is 1.73. The van der Waals surface area contributed by atoms with Crippen molar-refractivity contribution in [1.82, 2.24) is 5.32 Å². The molecule has 2 unspecified atom stereocenters. The SMILES string of the molecule is CCCC1CCCC(NCc2cccc(OC)c2)CC1. The summed E-state index contributed by atoms with van der Waals surface area (Å²) >= 11 is 0. The lowest BCUT2D eigenvalue weighted by atomic mass is 9.95. The molecule has 0 spiro atoms. The second-order valence-electron chi connectivity index (χ2n) is 6.09. The lowest BCUT2D eigenvalue weighted by Crippen LogP contribution is -2.27. The number of benzene rings is 1. The Morgan fingerprint density at radius 3 is 2.90 bits per heavy atom. The van der Waals surface area contributed by atoms with Crippen molar-refractivity contribution in [2.24, 2.45) is 5.92 Å². The van der Waals surface area contributed by atoms with Crippen LogP contribution in [0.2, 0.25) is 0 Å². The number of rotatable bonds is 6. The minimum Gasteiger partial charge on any atom is -0.497 e. The van der Waals surface area contributed by atoms with E-state index in [1.807, 2.05) is 6.07 Å². The Morgan fingerprint density at radius 2 is 2.10 bits per heavy atom. The van der Waals surface area contributed by atoms with Crippen LogP contribution in [0.25, 0.3) is 0 Å². The van der Waals surface area contributed by atoms with Crippen molar-refractivity contribution in [3.8, 4) is 5.75 Å². The Morgan fingerprint density at radius 1 is 1.20 bits per heavy atom. The van der Waals surface area contributed by atoms with Crippen LogP contribution >= 0.6 is 0 Å². The molecule has 0 saturated heterocycles. The van der Waals surface area contributed by atoms with Gasteiger partial charge >= 0.3 is 0 Å². The van der Waals surface area contributed by atoms with Gasteiger partial charge in [-0.2, -0.15) is 0 Å². The predicted molar refractivity (Wildman–Crippen MR) is 85.1 cm³/mol. The van der Waals surface area contributed by atoms with Crippen LogP contribution in [0, 0.1) is 5.92 Å². The summed E-state index contributed by atoms with van der Waals surface area (Å²) in [6.07, 6.45) is 9.67. The van der Waals surface area contributed by atoms with Crippen molar-refractivity contribution in [3.63, 3.8) is 0 Å². The molecular weight excluding hydrogens is 246 g/mol. The minimum absolute atomic E-state index is 0.697. The van der Waals surface area contributed by atoms with Gasteiger partial charge in [0, 0.05) is 12.6 Å². The molecule has 0 aromatic heterocycles. The fraction of sp³-hybridized carbons (Fsp3) is 0.667. The molecule has 20 heavy (non-hydrogen) atoms. The largest absolute Gasteiger partial charge is 0.497 e. The van der Waals surface area contributed by atoms with Crippen molar-refractivity contribution >= 4 is 0 Å². The van der Waals surface area contributed by atoms with E-state index in [1.165, 1.54) is 50.5 Å². The third-order valence-corrected chi connectivity index (χ3v) is 4.51. The highest BCUT2D eigenvalue weighted by Crippen LogP contribution is 2.26. The van der Waals surface area contributed by atoms with E-state index in [0.717, 1.165) is 18.2 Å². The van der Waals surface area contributed by atoms with E-state index in [1.54, 1.807) is 7.11 Å². The Labute approximate surface area is 123 Å². The fourth-order valence-electron chi connectivity index (χ4n) is 3.32. The van der Waals surface area contributed by atoms with Gasteiger partial charge < -0.3 is 10.1 Å². The van der Waals surface area contributed by atoms with Crippen LogP contribution in [0.4, 0.5) is 0 Å². The number of hydrogen-bond donors (Lipinski definition) is 1. The van der Waals surface area contributed by atoms with Gasteiger partial charge in [0.25, 0.3) is 0 Å². The highest BCUT2D eigenvalue weighted by molar-refractivity contribution is 5.28. The second kappa shape index (κ2) is 8.31. The number of methoxy groups -OCH3 is 1. The van der Waals surface area contributed by atoms with Crippen LogP contribution in [-0.2, 0) is 6.54 Å². The van der Waals surface area contributed by atoms with Crippen molar-refractivity contribution in [2.75, 3.05) is 7.11 Å². The number of nitrogens with one attached hydrogen (secondary N) is 1. The normalized spacial score (nSPS) is 23.3. The molecule has 1 fully saturated rings. The van der Waals surface area contributed by atoms with Crippen molar-refractivity contribution in [1.29, 1.82) is 0 Å². The standard InChI is InChI=1S/C18H29NO/c1-3-6-15-7-4-9-17(12-11-15)19-14-16-8-5-10-18(13-16)20-2/h5,8,10,13,15,17,19H,3-4,6-7,9,11-12,14H2,1-2H3. The molecule has 0 bridgehead atoms. The summed E-state index contributed by atoms with van der Waals surface area (Å²) in [5.74, 6) is 1.93. The molecule has 2 rings (SSSR count). The summed E-state index contributed by atoms with van der Waals surface area (Å²) in [5.41, 5.74) is 1.32. The van der Waals surface area contributed by atoms with E-state index in [0.29, 0.717) is 6.04 Å². The molecule has 1 aliphatic rings. The fourth-order valence-corrected chi connectivity index (χ4v) is 3.32. The molecule has 0 radical (unpaired) electrons. The van der Waals surface area contributed by atoms with Gasteiger partial charge in [-0.05, 0) is 42.9 Å². The maximum atomic E-state index is 5.28. The smallest absolute Gasteiger partial charge is 0.119 e. The average molecular weight is 275 g/mol. The quantitative estimate of drug-likeness (QED) is 0.770. The zero-order chi connectivity index (χ0) is 14.2. The molecule has 0 aliphatic heterocycles. The Balaban J connectivity index is 1.78. The zero-order valence-corrected chi connectivity index (χ0v) is 13.0. The first-order chi connectivity index (χ1) is 9.81. The summed E-state index contributed by atoms with van der Waals surface area (Å²) in [5, 5.41) is 3.74. The highest BCUT2D eigenvalue weighted by Gasteiger charge is 2.17. The topological polar surface area (TPSA) is 21.3 Å². The van der Waals surface area contributed by atoms with Crippen LogP contribution in [0.5, 0.6) is 5.75 Å². The summed E-state index contributed by atoms with van der Waals surface area (Å²) in [4.78, 5) is 0. The molecule has 0 amide bonds. The molecule has 2 heteroatoms. The van der Waals surface area contributed by atoms with E-state index in [2.05, 4.69) is 30.4 Å². The molecule has 1 aromatic carbocycles. The average Bonchev–Trinajstić information content (AvgIpc) is 2.71. The van der Waals surface area contributed by atoms with Crippen LogP contribution in [0.3, 0.4) is 0 Å². The van der Waals surface area contributed by atoms with Gasteiger partial charge in [-0.15, -0.1) is 0 Å². The highest BCUT2D eigenvalue weighted by atomic mass is 16.5. The Bertz CT molecular complexity index is 391. The molecule has 2 nitrogen and oxygen atoms in total. The molecule has 0 heterocycles. The summed E-state index contributed by atoms with van der Waals surface area (Å²) < 4.78 is 5.28. The van der Waals surface area contributed by atoms with E-state index >= 15 is 0 Å². The van der Waals surface area contributed by atoms with Gasteiger partial charge in [-0.25, -0.2) is 0 Å². The first-order valence-corrected chi connectivity index (χ1v) is 8.18. The van der Waals surface area contributed by atoms with Crippen molar-refractivity contribution < 1.29 is 4.74 Å². The molecule has 1 saturated carbocycles. The minimum atomic E-state index is 0.697. The maximum Gasteiger partial charge on any atom is 0.119 e. The first kappa shape index (κ1) is 15.4. The molecule has 112 valence electrons. The van der Waals surface area contributed by atoms with Gasteiger partial charge in [0.05, 0.1) is 7.11 Å². The lowest BCUT2D eigenvalue weighted by Gasteiger charge is -2.17. The van der Waals surface area contributed by atoms with E-state index in [4.69, 9.17) is 4.74 Å².